The van der Waals surface area contributed by atoms with Gasteiger partial charge in [0.05, 0.1) is 0 Å². The Balaban J connectivity index is 2.62. The molecule has 1 heterocycles. The maximum absolute atomic E-state index is 11.2. The number of H-pyrrole nitrogens is 1. The van der Waals surface area contributed by atoms with Crippen molar-refractivity contribution < 1.29 is 5.11 Å². The Morgan fingerprint density at radius 2 is 2.43 bits per heavy atom. The predicted octanol–water partition coefficient (Wildman–Crippen LogP) is 0.312. The van der Waals surface area contributed by atoms with Gasteiger partial charge >= 0.3 is 5.69 Å². The van der Waals surface area contributed by atoms with E-state index in [0.717, 1.165) is 5.75 Å². The number of thioether (sulfide) groups is 1. The molecular weight excluding hydrogens is 202 g/mol. The molecule has 1 rings (SSSR count). The molecule has 1 aromatic heterocycles. The van der Waals surface area contributed by atoms with Gasteiger partial charge in [0.25, 0.3) is 0 Å². The van der Waals surface area contributed by atoms with Crippen LogP contribution in [0.25, 0.3) is 0 Å². The first-order valence-electron chi connectivity index (χ1n) is 4.57. The molecule has 0 aliphatic rings. The molecule has 0 aliphatic carbocycles. The molecule has 5 nitrogen and oxygen atoms in total. The lowest BCUT2D eigenvalue weighted by molar-refractivity contribution is 0.250. The SMILES string of the molecule is CCn1c(SCC(C)CO)n[nH]c1=O. The maximum atomic E-state index is 11.2. The fourth-order valence-corrected chi connectivity index (χ4v) is 1.98. The smallest absolute Gasteiger partial charge is 0.343 e. The fraction of sp³-hybridized carbons (Fsp3) is 0.750. The number of aromatic nitrogens is 3. The normalized spacial score (nSPS) is 13.1. The summed E-state index contributed by atoms with van der Waals surface area (Å²) >= 11 is 1.49. The molecule has 0 saturated carbocycles. The lowest BCUT2D eigenvalue weighted by Gasteiger charge is -2.06. The topological polar surface area (TPSA) is 70.9 Å². The molecule has 1 aromatic rings. The first-order valence-corrected chi connectivity index (χ1v) is 5.56. The van der Waals surface area contributed by atoms with Crippen molar-refractivity contribution in [1.82, 2.24) is 14.8 Å². The molecule has 0 saturated heterocycles. The Kier molecular flexibility index (Phi) is 4.21. The molecular formula is C8H15N3O2S. The summed E-state index contributed by atoms with van der Waals surface area (Å²) < 4.78 is 1.58. The van der Waals surface area contributed by atoms with Gasteiger partial charge in [-0.2, -0.15) is 0 Å². The highest BCUT2D eigenvalue weighted by atomic mass is 32.2. The highest BCUT2D eigenvalue weighted by Crippen LogP contribution is 2.16. The largest absolute Gasteiger partial charge is 0.396 e. The second-order valence-electron chi connectivity index (χ2n) is 3.15. The third-order valence-electron chi connectivity index (χ3n) is 1.85. The van der Waals surface area contributed by atoms with Crippen molar-refractivity contribution in [1.29, 1.82) is 0 Å². The molecule has 1 unspecified atom stereocenters. The second kappa shape index (κ2) is 5.21. The molecule has 0 spiro atoms. The van der Waals surface area contributed by atoms with E-state index in [2.05, 4.69) is 10.2 Å². The van der Waals surface area contributed by atoms with Crippen LogP contribution in [-0.4, -0.2) is 32.2 Å². The summed E-state index contributed by atoms with van der Waals surface area (Å²) in [6.07, 6.45) is 0. The molecule has 0 radical (unpaired) electrons. The van der Waals surface area contributed by atoms with Crippen LogP contribution in [0.4, 0.5) is 0 Å². The van der Waals surface area contributed by atoms with Crippen molar-refractivity contribution in [3.8, 4) is 0 Å². The molecule has 0 aliphatic heterocycles. The van der Waals surface area contributed by atoms with E-state index in [1.165, 1.54) is 11.8 Å². The maximum Gasteiger partial charge on any atom is 0.343 e. The van der Waals surface area contributed by atoms with Crippen LogP contribution in [0, 0.1) is 5.92 Å². The first-order chi connectivity index (χ1) is 6.69. The Bertz CT molecular complexity index is 334. The van der Waals surface area contributed by atoms with Gasteiger partial charge in [-0.05, 0) is 12.8 Å². The molecule has 0 fully saturated rings. The number of hydrogen-bond donors (Lipinski definition) is 2. The van der Waals surface area contributed by atoms with Crippen LogP contribution >= 0.6 is 11.8 Å². The van der Waals surface area contributed by atoms with Crippen LogP contribution in [0.3, 0.4) is 0 Å². The van der Waals surface area contributed by atoms with Gasteiger partial charge in [0, 0.05) is 18.9 Å². The summed E-state index contributed by atoms with van der Waals surface area (Å²) in [5.74, 6) is 0.984. The van der Waals surface area contributed by atoms with E-state index >= 15 is 0 Å². The summed E-state index contributed by atoms with van der Waals surface area (Å²) in [5, 5.41) is 15.8. The van der Waals surface area contributed by atoms with Crippen LogP contribution in [0.1, 0.15) is 13.8 Å². The average Bonchev–Trinajstić information content (AvgIpc) is 2.55. The number of aromatic amines is 1. The van der Waals surface area contributed by atoms with E-state index < -0.39 is 0 Å². The number of aliphatic hydroxyl groups excluding tert-OH is 1. The van der Waals surface area contributed by atoms with Gasteiger partial charge in [-0.1, -0.05) is 18.7 Å². The fourth-order valence-electron chi connectivity index (χ4n) is 0.962. The average molecular weight is 217 g/mol. The molecule has 0 bridgehead atoms. The van der Waals surface area contributed by atoms with Crippen molar-refractivity contribution in [2.75, 3.05) is 12.4 Å². The van der Waals surface area contributed by atoms with Crippen molar-refractivity contribution in [2.24, 2.45) is 5.92 Å². The van der Waals surface area contributed by atoms with Crippen LogP contribution in [0.5, 0.6) is 0 Å². The lowest BCUT2D eigenvalue weighted by atomic mass is 10.2. The predicted molar refractivity (Wildman–Crippen MR) is 55.5 cm³/mol. The van der Waals surface area contributed by atoms with Gasteiger partial charge in [-0.3, -0.25) is 4.57 Å². The lowest BCUT2D eigenvalue weighted by Crippen LogP contribution is -2.16. The zero-order chi connectivity index (χ0) is 10.6. The Labute approximate surface area is 86.5 Å². The number of nitrogens with zero attached hydrogens (tertiary/aromatic N) is 2. The number of rotatable bonds is 5. The molecule has 0 aromatic carbocycles. The Morgan fingerprint density at radius 3 is 3.00 bits per heavy atom. The van der Waals surface area contributed by atoms with Gasteiger partial charge < -0.3 is 5.11 Å². The minimum absolute atomic E-state index is 0.160. The molecule has 2 N–H and O–H groups in total. The van der Waals surface area contributed by atoms with E-state index in [4.69, 9.17) is 5.11 Å². The van der Waals surface area contributed by atoms with Crippen LogP contribution < -0.4 is 5.69 Å². The zero-order valence-corrected chi connectivity index (χ0v) is 9.17. The highest BCUT2D eigenvalue weighted by molar-refractivity contribution is 7.99. The standard InChI is InChI=1S/C8H15N3O2S/c1-3-11-7(13)9-10-8(11)14-5-6(2)4-12/h6,12H,3-5H2,1-2H3,(H,9,13). The molecule has 80 valence electrons. The minimum Gasteiger partial charge on any atom is -0.396 e. The highest BCUT2D eigenvalue weighted by Gasteiger charge is 2.08. The van der Waals surface area contributed by atoms with Crippen molar-refractivity contribution in [2.45, 2.75) is 25.5 Å². The van der Waals surface area contributed by atoms with Crippen molar-refractivity contribution >= 4 is 11.8 Å². The van der Waals surface area contributed by atoms with E-state index in [1.54, 1.807) is 4.57 Å². The van der Waals surface area contributed by atoms with Gasteiger partial charge in [0.15, 0.2) is 5.16 Å². The quantitative estimate of drug-likeness (QED) is 0.696. The molecule has 0 amide bonds. The summed E-state index contributed by atoms with van der Waals surface area (Å²) in [4.78, 5) is 11.2. The van der Waals surface area contributed by atoms with Crippen LogP contribution in [0.15, 0.2) is 9.95 Å². The Morgan fingerprint density at radius 1 is 1.71 bits per heavy atom. The number of nitrogens with one attached hydrogen (secondary N) is 1. The van der Waals surface area contributed by atoms with Gasteiger partial charge in [0.2, 0.25) is 0 Å². The molecule has 14 heavy (non-hydrogen) atoms. The third kappa shape index (κ3) is 2.62. The van der Waals surface area contributed by atoms with E-state index in [0.29, 0.717) is 11.7 Å². The van der Waals surface area contributed by atoms with Crippen molar-refractivity contribution in [3.63, 3.8) is 0 Å². The van der Waals surface area contributed by atoms with Crippen molar-refractivity contribution in [3.05, 3.63) is 10.5 Å². The van der Waals surface area contributed by atoms with Crippen LogP contribution in [0.2, 0.25) is 0 Å². The van der Waals surface area contributed by atoms with Gasteiger partial charge in [-0.15, -0.1) is 5.10 Å². The third-order valence-corrected chi connectivity index (χ3v) is 3.15. The van der Waals surface area contributed by atoms with Crippen LogP contribution in [-0.2, 0) is 6.54 Å². The summed E-state index contributed by atoms with van der Waals surface area (Å²) in [6, 6.07) is 0. The van der Waals surface area contributed by atoms with Gasteiger partial charge in [-0.25, -0.2) is 9.89 Å². The summed E-state index contributed by atoms with van der Waals surface area (Å²) in [7, 11) is 0. The van der Waals surface area contributed by atoms with E-state index in [-0.39, 0.29) is 18.2 Å². The minimum atomic E-state index is -0.174. The number of aliphatic hydroxyl groups is 1. The van der Waals surface area contributed by atoms with Gasteiger partial charge in [0.1, 0.15) is 0 Å². The summed E-state index contributed by atoms with van der Waals surface area (Å²) in [5.41, 5.74) is -0.174. The summed E-state index contributed by atoms with van der Waals surface area (Å²) in [6.45, 7) is 4.63. The van der Waals surface area contributed by atoms with E-state index in [1.807, 2.05) is 13.8 Å². The first kappa shape index (κ1) is 11.3. The monoisotopic (exact) mass is 217 g/mol. The van der Waals surface area contributed by atoms with E-state index in [9.17, 15) is 4.79 Å². The number of hydrogen-bond acceptors (Lipinski definition) is 4. The Hall–Kier alpha value is -0.750. The second-order valence-corrected chi connectivity index (χ2v) is 4.14. The zero-order valence-electron chi connectivity index (χ0n) is 8.36. The molecule has 6 heteroatoms. The molecule has 1 atom stereocenters.